The van der Waals surface area contributed by atoms with Crippen LogP contribution in [0.25, 0.3) is 0 Å². The van der Waals surface area contributed by atoms with Gasteiger partial charge in [-0.25, -0.2) is 0 Å². The fourth-order valence-electron chi connectivity index (χ4n) is 2.49. The van der Waals surface area contributed by atoms with E-state index in [0.29, 0.717) is 0 Å². The van der Waals surface area contributed by atoms with E-state index in [2.05, 4.69) is 51.5 Å². The number of hydrogen-bond acceptors (Lipinski definition) is 2. The number of aromatic nitrogens is 2. The third-order valence-corrected chi connectivity index (χ3v) is 4.60. The van der Waals surface area contributed by atoms with Gasteiger partial charge in [0.05, 0.1) is 16.4 Å². The normalized spacial score (nSPS) is 12.7. The molecule has 1 unspecified atom stereocenters. The summed E-state index contributed by atoms with van der Waals surface area (Å²) in [4.78, 5) is 0. The van der Waals surface area contributed by atoms with Gasteiger partial charge in [-0.15, -0.1) is 0 Å². The van der Waals surface area contributed by atoms with Crippen molar-refractivity contribution in [3.8, 4) is 0 Å². The molecule has 3 nitrogen and oxygen atoms in total. The first-order valence-corrected chi connectivity index (χ1v) is 7.72. The van der Waals surface area contributed by atoms with Crippen molar-refractivity contribution in [2.75, 3.05) is 7.05 Å². The van der Waals surface area contributed by atoms with Crippen LogP contribution in [0.2, 0.25) is 5.02 Å². The van der Waals surface area contributed by atoms with Crippen molar-refractivity contribution in [1.29, 1.82) is 0 Å². The molecule has 0 radical (unpaired) electrons. The highest BCUT2D eigenvalue weighted by Gasteiger charge is 2.18. The number of nitrogens with zero attached hydrogens (tertiary/aromatic N) is 2. The molecule has 1 atom stereocenters. The van der Waals surface area contributed by atoms with Gasteiger partial charge in [0.2, 0.25) is 0 Å². The Kier molecular flexibility index (Phi) is 4.89. The maximum atomic E-state index is 6.35. The third kappa shape index (κ3) is 3.08. The van der Waals surface area contributed by atoms with Crippen LogP contribution >= 0.6 is 27.5 Å². The Morgan fingerprint density at radius 1 is 1.40 bits per heavy atom. The monoisotopic (exact) mass is 355 g/mol. The Bertz CT molecular complexity index is 622. The third-order valence-electron chi connectivity index (χ3n) is 3.61. The SMILES string of the molecule is CNC(Cc1c(Cl)c(C)nn1C)c1ccc(Br)cc1C. The fraction of sp³-hybridized carbons (Fsp3) is 0.400. The van der Waals surface area contributed by atoms with Crippen molar-refractivity contribution in [3.05, 3.63) is 50.2 Å². The number of hydrogen-bond donors (Lipinski definition) is 1. The van der Waals surface area contributed by atoms with E-state index in [1.165, 1.54) is 11.1 Å². The van der Waals surface area contributed by atoms with Crippen molar-refractivity contribution in [2.45, 2.75) is 26.3 Å². The average Bonchev–Trinajstić information content (AvgIpc) is 2.62. The van der Waals surface area contributed by atoms with Gasteiger partial charge in [-0.2, -0.15) is 5.10 Å². The van der Waals surface area contributed by atoms with Crippen LogP contribution < -0.4 is 5.32 Å². The molecule has 5 heteroatoms. The van der Waals surface area contributed by atoms with E-state index >= 15 is 0 Å². The molecule has 0 spiro atoms. The summed E-state index contributed by atoms with van der Waals surface area (Å²) in [6.07, 6.45) is 0.815. The molecule has 2 rings (SSSR count). The molecule has 20 heavy (non-hydrogen) atoms. The minimum absolute atomic E-state index is 0.218. The molecule has 0 amide bonds. The predicted molar refractivity (Wildman–Crippen MR) is 87.3 cm³/mol. The molecule has 1 aromatic carbocycles. The maximum absolute atomic E-state index is 6.35. The van der Waals surface area contributed by atoms with Crippen LogP contribution in [-0.4, -0.2) is 16.8 Å². The van der Waals surface area contributed by atoms with Gasteiger partial charge in [-0.3, -0.25) is 4.68 Å². The molecule has 0 aliphatic rings. The molecule has 108 valence electrons. The number of benzene rings is 1. The van der Waals surface area contributed by atoms with Crippen molar-refractivity contribution in [1.82, 2.24) is 15.1 Å². The van der Waals surface area contributed by atoms with Crippen LogP contribution in [0.3, 0.4) is 0 Å². The number of likely N-dealkylation sites (N-methyl/N-ethyl adjacent to an activating group) is 1. The number of aryl methyl sites for hydroxylation is 3. The second-order valence-electron chi connectivity index (χ2n) is 5.02. The second kappa shape index (κ2) is 6.29. The molecule has 2 aromatic rings. The summed E-state index contributed by atoms with van der Waals surface area (Å²) in [5.41, 5.74) is 4.48. The topological polar surface area (TPSA) is 29.9 Å². The zero-order valence-electron chi connectivity index (χ0n) is 12.2. The number of rotatable bonds is 4. The van der Waals surface area contributed by atoms with Crippen molar-refractivity contribution in [3.63, 3.8) is 0 Å². The Hall–Kier alpha value is -0.840. The lowest BCUT2D eigenvalue weighted by Crippen LogP contribution is -2.21. The molecule has 1 heterocycles. The van der Waals surface area contributed by atoms with E-state index in [9.17, 15) is 0 Å². The van der Waals surface area contributed by atoms with Crippen LogP contribution in [0.4, 0.5) is 0 Å². The van der Waals surface area contributed by atoms with Gasteiger partial charge in [0.25, 0.3) is 0 Å². The summed E-state index contributed by atoms with van der Waals surface area (Å²) >= 11 is 9.85. The predicted octanol–water partition coefficient (Wildman–Crippen LogP) is 3.96. The highest BCUT2D eigenvalue weighted by atomic mass is 79.9. The zero-order chi connectivity index (χ0) is 14.9. The average molecular weight is 357 g/mol. The summed E-state index contributed by atoms with van der Waals surface area (Å²) in [7, 11) is 3.92. The van der Waals surface area contributed by atoms with Crippen molar-refractivity contribution in [2.24, 2.45) is 7.05 Å². The lowest BCUT2D eigenvalue weighted by Gasteiger charge is -2.19. The Balaban J connectivity index is 2.33. The number of nitrogens with one attached hydrogen (secondary N) is 1. The lowest BCUT2D eigenvalue weighted by molar-refractivity contribution is 0.559. The first-order valence-electron chi connectivity index (χ1n) is 6.55. The van der Waals surface area contributed by atoms with Crippen LogP contribution in [0, 0.1) is 13.8 Å². The van der Waals surface area contributed by atoms with Crippen LogP contribution in [0.1, 0.15) is 28.6 Å². The summed E-state index contributed by atoms with van der Waals surface area (Å²) in [5.74, 6) is 0. The van der Waals surface area contributed by atoms with E-state index in [1.54, 1.807) is 0 Å². The smallest absolute Gasteiger partial charge is 0.0847 e. The maximum Gasteiger partial charge on any atom is 0.0847 e. The van der Waals surface area contributed by atoms with Gasteiger partial charge in [-0.1, -0.05) is 33.6 Å². The Labute approximate surface area is 133 Å². The molecule has 1 aromatic heterocycles. The summed E-state index contributed by atoms with van der Waals surface area (Å²) < 4.78 is 2.97. The largest absolute Gasteiger partial charge is 0.313 e. The lowest BCUT2D eigenvalue weighted by atomic mass is 9.97. The van der Waals surface area contributed by atoms with Gasteiger partial charge in [-0.05, 0) is 44.2 Å². The van der Waals surface area contributed by atoms with Crippen molar-refractivity contribution >= 4 is 27.5 Å². The van der Waals surface area contributed by atoms with E-state index in [0.717, 1.165) is 27.3 Å². The zero-order valence-corrected chi connectivity index (χ0v) is 14.5. The van der Waals surface area contributed by atoms with E-state index in [4.69, 9.17) is 11.6 Å². The molecule has 0 saturated heterocycles. The van der Waals surface area contributed by atoms with E-state index in [-0.39, 0.29) is 6.04 Å². The van der Waals surface area contributed by atoms with E-state index < -0.39 is 0 Å². The number of halogens is 2. The van der Waals surface area contributed by atoms with Crippen molar-refractivity contribution < 1.29 is 0 Å². The molecule has 0 fully saturated rings. The molecule has 1 N–H and O–H groups in total. The minimum atomic E-state index is 0.218. The van der Waals surface area contributed by atoms with Crippen LogP contribution in [-0.2, 0) is 13.5 Å². The summed E-state index contributed by atoms with van der Waals surface area (Å²) in [5, 5.41) is 8.52. The molecule has 0 bridgehead atoms. The Morgan fingerprint density at radius 3 is 2.60 bits per heavy atom. The summed E-state index contributed by atoms with van der Waals surface area (Å²) in [6, 6.07) is 6.58. The van der Waals surface area contributed by atoms with Gasteiger partial charge >= 0.3 is 0 Å². The Morgan fingerprint density at radius 2 is 2.10 bits per heavy atom. The molecule has 0 aliphatic carbocycles. The molecule has 0 aliphatic heterocycles. The van der Waals surface area contributed by atoms with Gasteiger partial charge in [0.1, 0.15) is 0 Å². The first-order chi connectivity index (χ1) is 9.43. The quantitative estimate of drug-likeness (QED) is 0.899. The van der Waals surface area contributed by atoms with Gasteiger partial charge in [0.15, 0.2) is 0 Å². The van der Waals surface area contributed by atoms with Crippen LogP contribution in [0.5, 0.6) is 0 Å². The summed E-state index contributed by atoms with van der Waals surface area (Å²) in [6.45, 7) is 4.06. The van der Waals surface area contributed by atoms with Crippen LogP contribution in [0.15, 0.2) is 22.7 Å². The molecular weight excluding hydrogens is 338 g/mol. The first kappa shape index (κ1) is 15.5. The highest BCUT2D eigenvalue weighted by molar-refractivity contribution is 9.10. The van der Waals surface area contributed by atoms with Gasteiger partial charge in [0, 0.05) is 24.0 Å². The fourth-order valence-corrected chi connectivity index (χ4v) is 3.21. The highest BCUT2D eigenvalue weighted by Crippen LogP contribution is 2.28. The molecular formula is C15H19BrClN3. The second-order valence-corrected chi connectivity index (χ2v) is 6.31. The molecule has 0 saturated carbocycles. The standard InChI is InChI=1S/C15H19BrClN3/c1-9-7-11(16)5-6-12(9)13(18-3)8-14-15(17)10(2)19-20(14)4/h5-7,13,18H,8H2,1-4H3. The van der Waals surface area contributed by atoms with Gasteiger partial charge < -0.3 is 5.32 Å². The van der Waals surface area contributed by atoms with E-state index in [1.807, 2.05) is 25.7 Å². The minimum Gasteiger partial charge on any atom is -0.313 e.